The van der Waals surface area contributed by atoms with E-state index in [9.17, 15) is 0 Å². The van der Waals surface area contributed by atoms with E-state index in [1.807, 2.05) is 0 Å². The zero-order valence-corrected chi connectivity index (χ0v) is 19.1. The molecule has 2 aliphatic rings. The van der Waals surface area contributed by atoms with Gasteiger partial charge in [0.1, 0.15) is 0 Å². The summed E-state index contributed by atoms with van der Waals surface area (Å²) in [5.41, 5.74) is 5.41. The molecule has 0 fully saturated rings. The Kier molecular flexibility index (Phi) is 17.2. The third-order valence-electron chi connectivity index (χ3n) is 3.07. The molecular weight excluding hydrogens is 363 g/mol. The SMILES string of the molecule is CC1=[C-]C(C)C=C1C.CC1=[C-]C(C)C=C1C.C[Si](C)=[Ti+2].[Cl-].[Cl-]. The number of halogens is 2. The van der Waals surface area contributed by atoms with Crippen molar-refractivity contribution in [2.24, 2.45) is 11.8 Å². The molecule has 0 bridgehead atoms. The first-order valence-electron chi connectivity index (χ1n) is 7.23. The Labute approximate surface area is 162 Å². The van der Waals surface area contributed by atoms with E-state index in [0.29, 0.717) is 11.8 Å². The maximum atomic E-state index is 3.29. The first-order chi connectivity index (χ1) is 9.13. The summed E-state index contributed by atoms with van der Waals surface area (Å²) in [6.07, 6.45) is 11.2. The second-order valence-electron chi connectivity index (χ2n) is 5.82. The molecule has 0 amide bonds. The Balaban J connectivity index is -0.000000249. The van der Waals surface area contributed by atoms with Gasteiger partial charge in [0.15, 0.2) is 0 Å². The Morgan fingerprint density at radius 1 is 0.818 bits per heavy atom. The molecule has 124 valence electrons. The molecule has 0 radical (unpaired) electrons. The van der Waals surface area contributed by atoms with E-state index in [1.165, 1.54) is 22.3 Å². The molecule has 0 saturated carbocycles. The summed E-state index contributed by atoms with van der Waals surface area (Å²) in [5.74, 6) is 1.10. The van der Waals surface area contributed by atoms with E-state index in [2.05, 4.69) is 98.1 Å². The molecule has 0 aromatic heterocycles. The van der Waals surface area contributed by atoms with Crippen LogP contribution in [0.2, 0.25) is 13.1 Å². The molecule has 0 heterocycles. The fourth-order valence-electron chi connectivity index (χ4n) is 1.99. The summed E-state index contributed by atoms with van der Waals surface area (Å²) >= 11 is 2.27. The molecule has 0 aromatic rings. The standard InChI is InChI=1S/2C8H11.C2H6Si.2ClH.Ti/c2*1-6-4-7(2)8(3)5-6;1-3-2;;;/h2*4,6H,1-3H3;1-2H3;2*1H;/q2*-1;;;;+2/p-2. The number of rotatable bonds is 0. The van der Waals surface area contributed by atoms with Gasteiger partial charge >= 0.3 is 38.5 Å². The molecule has 0 aromatic carbocycles. The molecule has 0 saturated heterocycles. The number of allylic oxidation sites excluding steroid dienone is 8. The van der Waals surface area contributed by atoms with E-state index < -0.39 is 0 Å². The van der Waals surface area contributed by atoms with Gasteiger partial charge in [-0.3, -0.25) is 12.2 Å². The van der Waals surface area contributed by atoms with Crippen LogP contribution in [0, 0.1) is 24.0 Å². The minimum Gasteiger partial charge on any atom is -1.00 e. The van der Waals surface area contributed by atoms with Crippen molar-refractivity contribution in [3.63, 3.8) is 0 Å². The summed E-state index contributed by atoms with van der Waals surface area (Å²) in [6, 6.07) is 0. The molecule has 0 N–H and O–H groups in total. The molecule has 22 heavy (non-hydrogen) atoms. The van der Waals surface area contributed by atoms with Crippen LogP contribution in [0.15, 0.2) is 34.4 Å². The van der Waals surface area contributed by atoms with E-state index in [0.717, 1.165) is 0 Å². The van der Waals surface area contributed by atoms with Gasteiger partial charge in [-0.1, -0.05) is 39.5 Å². The first-order valence-corrected chi connectivity index (χ1v) is 12.1. The van der Waals surface area contributed by atoms with Crippen molar-refractivity contribution in [3.05, 3.63) is 46.6 Å². The van der Waals surface area contributed by atoms with Crippen LogP contribution in [-0.2, 0) is 19.2 Å². The van der Waals surface area contributed by atoms with Gasteiger partial charge < -0.3 is 24.8 Å². The summed E-state index contributed by atoms with van der Waals surface area (Å²) in [6.45, 7) is 17.3. The minimum absolute atomic E-state index is 0. The van der Waals surface area contributed by atoms with Crippen LogP contribution in [-0.4, -0.2) is 6.19 Å². The minimum atomic E-state index is 0. The Morgan fingerprint density at radius 2 is 1.05 bits per heavy atom. The van der Waals surface area contributed by atoms with Crippen LogP contribution < -0.4 is 24.8 Å². The van der Waals surface area contributed by atoms with Gasteiger partial charge in [0.05, 0.1) is 0 Å². The Morgan fingerprint density at radius 3 is 1.09 bits per heavy atom. The summed E-state index contributed by atoms with van der Waals surface area (Å²) in [7, 11) is 0. The molecule has 2 aliphatic carbocycles. The third kappa shape index (κ3) is 13.0. The van der Waals surface area contributed by atoms with Crippen LogP contribution >= 0.6 is 0 Å². The molecule has 0 nitrogen and oxygen atoms in total. The van der Waals surface area contributed by atoms with E-state index in [1.54, 1.807) is 0 Å². The van der Waals surface area contributed by atoms with Gasteiger partial charge in [-0.05, 0) is 0 Å². The number of hydrogen-bond donors (Lipinski definition) is 0. The molecule has 4 heteroatoms. The summed E-state index contributed by atoms with van der Waals surface area (Å²) in [4.78, 5) is 0. The van der Waals surface area contributed by atoms with E-state index in [-0.39, 0.29) is 31.0 Å². The zero-order valence-electron chi connectivity index (χ0n) is 15.1. The second-order valence-corrected chi connectivity index (χ2v) is 12.5. The van der Waals surface area contributed by atoms with E-state index in [4.69, 9.17) is 0 Å². The monoisotopic (exact) mass is 390 g/mol. The van der Waals surface area contributed by atoms with Gasteiger partial charge in [-0.15, -0.1) is 13.8 Å². The fraction of sp³-hybridized carbons (Fsp3) is 0.556. The van der Waals surface area contributed by atoms with Crippen molar-refractivity contribution >= 4 is 6.19 Å². The first kappa shape index (κ1) is 27.3. The molecular formula is C18H28Cl2SiTi-2. The quantitative estimate of drug-likeness (QED) is 0.384. The topological polar surface area (TPSA) is 0 Å². The van der Waals surface area contributed by atoms with Crippen molar-refractivity contribution in [1.82, 2.24) is 0 Å². The third-order valence-corrected chi connectivity index (χ3v) is 3.07. The largest absolute Gasteiger partial charge is 1.00 e. The summed E-state index contributed by atoms with van der Waals surface area (Å²) in [5, 5.41) is 0. The van der Waals surface area contributed by atoms with Crippen molar-refractivity contribution in [2.75, 3.05) is 0 Å². The predicted octanol–water partition coefficient (Wildman–Crippen LogP) is -0.544. The number of hydrogen-bond acceptors (Lipinski definition) is 0. The molecule has 0 aliphatic heterocycles. The van der Waals surface area contributed by atoms with Crippen LogP contribution in [0.4, 0.5) is 0 Å². The van der Waals surface area contributed by atoms with Crippen molar-refractivity contribution < 1.29 is 44.0 Å². The van der Waals surface area contributed by atoms with Crippen LogP contribution in [0.25, 0.3) is 0 Å². The predicted molar refractivity (Wildman–Crippen MR) is 88.2 cm³/mol. The maximum absolute atomic E-state index is 3.29. The van der Waals surface area contributed by atoms with Gasteiger partial charge in [-0.25, -0.2) is 22.3 Å². The van der Waals surface area contributed by atoms with Crippen LogP contribution in [0.1, 0.15) is 41.5 Å². The smallest absolute Gasteiger partial charge is 1.00 e. The van der Waals surface area contributed by atoms with Gasteiger partial charge in [0, 0.05) is 0 Å². The Bertz CT molecular complexity index is 395. The molecule has 2 rings (SSSR count). The second kappa shape index (κ2) is 13.9. The van der Waals surface area contributed by atoms with Gasteiger partial charge in [-0.2, -0.15) is 12.2 Å². The summed E-state index contributed by atoms with van der Waals surface area (Å²) < 4.78 is 0. The molecule has 2 atom stereocenters. The van der Waals surface area contributed by atoms with Crippen molar-refractivity contribution in [1.29, 1.82) is 0 Å². The van der Waals surface area contributed by atoms with Crippen LogP contribution in [0.3, 0.4) is 0 Å². The van der Waals surface area contributed by atoms with Crippen molar-refractivity contribution in [3.8, 4) is 0 Å². The normalized spacial score (nSPS) is 21.4. The van der Waals surface area contributed by atoms with Crippen molar-refractivity contribution in [2.45, 2.75) is 54.6 Å². The van der Waals surface area contributed by atoms with Gasteiger partial charge in [0.2, 0.25) is 0 Å². The average molecular weight is 391 g/mol. The Hall–Kier alpha value is 0.471. The average Bonchev–Trinajstić information content (AvgIpc) is 2.70. The zero-order chi connectivity index (χ0) is 15.9. The molecule has 0 spiro atoms. The van der Waals surface area contributed by atoms with E-state index >= 15 is 0 Å². The maximum Gasteiger partial charge on any atom is -1.00 e. The van der Waals surface area contributed by atoms with Gasteiger partial charge in [0.25, 0.3) is 0 Å². The fourth-order valence-corrected chi connectivity index (χ4v) is 1.99. The van der Waals surface area contributed by atoms with Crippen LogP contribution in [0.5, 0.6) is 0 Å². The molecule has 2 unspecified atom stereocenters.